The molecule has 0 fully saturated rings. The molecule has 0 saturated heterocycles. The smallest absolute Gasteiger partial charge is 0.282 e. The van der Waals surface area contributed by atoms with Gasteiger partial charge >= 0.3 is 0 Å². The van der Waals surface area contributed by atoms with Gasteiger partial charge in [0.05, 0.1) is 4.90 Å². The van der Waals surface area contributed by atoms with Gasteiger partial charge in [0.25, 0.3) is 10.1 Å². The van der Waals surface area contributed by atoms with Crippen LogP contribution >= 0.6 is 11.6 Å². The van der Waals surface area contributed by atoms with Gasteiger partial charge in [-0.1, -0.05) is 56.7 Å². The number of halogens is 1. The van der Waals surface area contributed by atoms with Crippen molar-refractivity contribution >= 4 is 21.7 Å². The van der Waals surface area contributed by atoms with E-state index >= 15 is 0 Å². The zero-order valence-electron chi connectivity index (χ0n) is 11.2. The molecule has 1 aromatic carbocycles. The summed E-state index contributed by atoms with van der Waals surface area (Å²) in [5.74, 6) is 0. The Morgan fingerprint density at radius 1 is 1.11 bits per heavy atom. The Morgan fingerprint density at radius 2 is 1.74 bits per heavy atom. The second kappa shape index (κ2) is 7.88. The summed E-state index contributed by atoms with van der Waals surface area (Å²) >= 11 is 6.02. The van der Waals surface area contributed by atoms with Crippen LogP contribution in [0, 0.1) is 0 Å². The molecule has 0 spiro atoms. The van der Waals surface area contributed by atoms with Gasteiger partial charge in [-0.3, -0.25) is 4.55 Å². The average molecular weight is 305 g/mol. The predicted molar refractivity (Wildman–Crippen MR) is 78.3 cm³/mol. The summed E-state index contributed by atoms with van der Waals surface area (Å²) in [5, 5.41) is 0.406. The highest BCUT2D eigenvalue weighted by atomic mass is 35.5. The van der Waals surface area contributed by atoms with Crippen LogP contribution in [0.15, 0.2) is 23.1 Å². The molecule has 19 heavy (non-hydrogen) atoms. The van der Waals surface area contributed by atoms with Crippen molar-refractivity contribution in [1.29, 1.82) is 0 Å². The van der Waals surface area contributed by atoms with Crippen molar-refractivity contribution in [3.05, 3.63) is 28.8 Å². The lowest BCUT2D eigenvalue weighted by molar-refractivity contribution is 0.483. The quantitative estimate of drug-likeness (QED) is 0.568. The molecule has 0 aliphatic rings. The molecule has 0 heterocycles. The van der Waals surface area contributed by atoms with Crippen LogP contribution in [-0.2, 0) is 16.5 Å². The first-order valence-electron chi connectivity index (χ1n) is 6.71. The van der Waals surface area contributed by atoms with Crippen LogP contribution in [0.25, 0.3) is 0 Å². The summed E-state index contributed by atoms with van der Waals surface area (Å²) in [7, 11) is -4.16. The minimum atomic E-state index is -4.16. The fourth-order valence-corrected chi connectivity index (χ4v) is 2.83. The van der Waals surface area contributed by atoms with Crippen LogP contribution in [0.4, 0.5) is 0 Å². The zero-order valence-corrected chi connectivity index (χ0v) is 12.8. The molecule has 0 bridgehead atoms. The first kappa shape index (κ1) is 16.5. The SMILES string of the molecule is CCCCCCCCc1ccc(S(=O)(=O)O)cc1Cl. The van der Waals surface area contributed by atoms with Crippen LogP contribution in [0.1, 0.15) is 51.0 Å². The van der Waals surface area contributed by atoms with Crippen LogP contribution in [-0.4, -0.2) is 13.0 Å². The van der Waals surface area contributed by atoms with Crippen LogP contribution in [0.2, 0.25) is 5.02 Å². The molecule has 5 heteroatoms. The molecule has 108 valence electrons. The number of rotatable bonds is 8. The molecule has 1 N–H and O–H groups in total. The second-order valence-corrected chi connectivity index (χ2v) is 6.57. The Morgan fingerprint density at radius 3 is 2.32 bits per heavy atom. The standard InChI is InChI=1S/C14H21ClO3S/c1-2-3-4-5-6-7-8-12-9-10-13(11-14(12)15)19(16,17)18/h9-11H,2-8H2,1H3,(H,16,17,18). The highest BCUT2D eigenvalue weighted by Gasteiger charge is 2.11. The lowest BCUT2D eigenvalue weighted by atomic mass is 10.1. The monoisotopic (exact) mass is 304 g/mol. The molecule has 1 aromatic rings. The normalized spacial score (nSPS) is 11.7. The van der Waals surface area contributed by atoms with Crippen molar-refractivity contribution in [3.8, 4) is 0 Å². The number of hydrogen-bond donors (Lipinski definition) is 1. The lowest BCUT2D eigenvalue weighted by Crippen LogP contribution is -1.99. The average Bonchev–Trinajstić information content (AvgIpc) is 2.34. The molecule has 3 nitrogen and oxygen atoms in total. The summed E-state index contributed by atoms with van der Waals surface area (Å²) in [6.45, 7) is 2.19. The third-order valence-corrected chi connectivity index (χ3v) is 4.32. The van der Waals surface area contributed by atoms with Gasteiger partial charge in [0.15, 0.2) is 0 Å². The minimum Gasteiger partial charge on any atom is -0.282 e. The van der Waals surface area contributed by atoms with Gasteiger partial charge in [0, 0.05) is 5.02 Å². The minimum absolute atomic E-state index is 0.149. The Balaban J connectivity index is 2.47. The van der Waals surface area contributed by atoms with Crippen molar-refractivity contribution in [3.63, 3.8) is 0 Å². The van der Waals surface area contributed by atoms with E-state index in [9.17, 15) is 8.42 Å². The van der Waals surface area contributed by atoms with Gasteiger partial charge in [0.2, 0.25) is 0 Å². The maximum absolute atomic E-state index is 11.0. The Bertz CT molecular complexity index is 497. The van der Waals surface area contributed by atoms with Crippen LogP contribution in [0.3, 0.4) is 0 Å². The Hall–Kier alpha value is -0.580. The van der Waals surface area contributed by atoms with Crippen molar-refractivity contribution < 1.29 is 13.0 Å². The van der Waals surface area contributed by atoms with E-state index in [2.05, 4.69) is 6.92 Å². The topological polar surface area (TPSA) is 54.4 Å². The Kier molecular flexibility index (Phi) is 6.83. The summed E-state index contributed by atoms with van der Waals surface area (Å²) in [6.07, 6.45) is 8.08. The molecule has 1 rings (SSSR count). The van der Waals surface area contributed by atoms with E-state index in [0.29, 0.717) is 5.02 Å². The van der Waals surface area contributed by atoms with E-state index in [1.54, 1.807) is 6.07 Å². The first-order valence-corrected chi connectivity index (χ1v) is 8.53. The molecular formula is C14H21ClO3S. The molecule has 0 aromatic heterocycles. The fourth-order valence-electron chi connectivity index (χ4n) is 1.99. The predicted octanol–water partition coefficient (Wildman–Crippen LogP) is 4.49. The molecule has 0 aliphatic carbocycles. The maximum atomic E-state index is 11.0. The third kappa shape index (κ3) is 5.93. The maximum Gasteiger partial charge on any atom is 0.294 e. The summed E-state index contributed by atoms with van der Waals surface area (Å²) in [4.78, 5) is -0.149. The van der Waals surface area contributed by atoms with Gasteiger partial charge in [-0.25, -0.2) is 0 Å². The van der Waals surface area contributed by atoms with Crippen molar-refractivity contribution in [2.24, 2.45) is 0 Å². The molecule has 0 unspecified atom stereocenters. The van der Waals surface area contributed by atoms with Gasteiger partial charge in [-0.2, -0.15) is 8.42 Å². The van der Waals surface area contributed by atoms with Crippen molar-refractivity contribution in [2.45, 2.75) is 56.8 Å². The number of unbranched alkanes of at least 4 members (excludes halogenated alkanes) is 5. The highest BCUT2D eigenvalue weighted by Crippen LogP contribution is 2.22. The van der Waals surface area contributed by atoms with Gasteiger partial charge in [0.1, 0.15) is 0 Å². The zero-order chi connectivity index (χ0) is 14.3. The fraction of sp³-hybridized carbons (Fsp3) is 0.571. The molecule has 0 aliphatic heterocycles. The summed E-state index contributed by atoms with van der Waals surface area (Å²) in [5.41, 5.74) is 0.935. The largest absolute Gasteiger partial charge is 0.294 e. The summed E-state index contributed by atoms with van der Waals surface area (Å²) < 4.78 is 30.8. The van der Waals surface area contributed by atoms with Crippen molar-refractivity contribution in [2.75, 3.05) is 0 Å². The molecule has 0 saturated carbocycles. The summed E-state index contributed by atoms with van der Waals surface area (Å²) in [6, 6.07) is 4.38. The van der Waals surface area contributed by atoms with Gasteiger partial charge in [-0.05, 0) is 30.5 Å². The van der Waals surface area contributed by atoms with Crippen LogP contribution in [0.5, 0.6) is 0 Å². The third-order valence-electron chi connectivity index (χ3n) is 3.12. The number of aryl methyl sites for hydroxylation is 1. The molecule has 0 amide bonds. The number of hydrogen-bond acceptors (Lipinski definition) is 2. The molecule has 0 radical (unpaired) electrons. The Labute approximate surface area is 120 Å². The van der Waals surface area contributed by atoms with E-state index < -0.39 is 10.1 Å². The van der Waals surface area contributed by atoms with Gasteiger partial charge in [-0.15, -0.1) is 0 Å². The lowest BCUT2D eigenvalue weighted by Gasteiger charge is -2.06. The highest BCUT2D eigenvalue weighted by molar-refractivity contribution is 7.85. The second-order valence-electron chi connectivity index (χ2n) is 4.75. The van der Waals surface area contributed by atoms with Crippen molar-refractivity contribution in [1.82, 2.24) is 0 Å². The van der Waals surface area contributed by atoms with E-state index in [1.165, 1.54) is 37.8 Å². The molecule has 0 atom stereocenters. The van der Waals surface area contributed by atoms with E-state index in [-0.39, 0.29) is 4.90 Å². The van der Waals surface area contributed by atoms with Crippen LogP contribution < -0.4 is 0 Å². The van der Waals surface area contributed by atoms with E-state index in [0.717, 1.165) is 24.8 Å². The van der Waals surface area contributed by atoms with E-state index in [4.69, 9.17) is 16.2 Å². The molecular weight excluding hydrogens is 284 g/mol. The first-order chi connectivity index (χ1) is 8.95. The number of benzene rings is 1. The van der Waals surface area contributed by atoms with Gasteiger partial charge < -0.3 is 0 Å². The van der Waals surface area contributed by atoms with E-state index in [1.807, 2.05) is 0 Å².